The van der Waals surface area contributed by atoms with E-state index in [-0.39, 0.29) is 17.6 Å². The van der Waals surface area contributed by atoms with E-state index in [1.54, 1.807) is 18.2 Å². The number of aromatic nitrogens is 2. The predicted molar refractivity (Wildman–Crippen MR) is 124 cm³/mol. The zero-order chi connectivity index (χ0) is 23.4. The molecule has 0 fully saturated rings. The molecule has 0 saturated carbocycles. The summed E-state index contributed by atoms with van der Waals surface area (Å²) in [7, 11) is 0. The first-order chi connectivity index (χ1) is 15.2. The van der Waals surface area contributed by atoms with Crippen LogP contribution < -0.4 is 17.2 Å². The van der Waals surface area contributed by atoms with Gasteiger partial charge >= 0.3 is 5.76 Å². The van der Waals surface area contributed by atoms with Crippen LogP contribution in [0.2, 0.25) is 5.02 Å². The van der Waals surface area contributed by atoms with Crippen LogP contribution in [-0.2, 0) is 0 Å². The Labute approximate surface area is 193 Å². The molecular weight excluding hydrogens is 455 g/mol. The number of benzene rings is 3. The molecule has 0 radical (unpaired) electrons. The van der Waals surface area contributed by atoms with Crippen LogP contribution in [0.3, 0.4) is 0 Å². The van der Waals surface area contributed by atoms with Crippen LogP contribution in [0.5, 0.6) is 0 Å². The molecule has 1 heterocycles. The van der Waals surface area contributed by atoms with Crippen LogP contribution in [0.15, 0.2) is 68.7 Å². The summed E-state index contributed by atoms with van der Waals surface area (Å²) in [4.78, 5) is 22.3. The SMILES string of the molecule is CC(c1cccc2cccc(F)c12)C(N)c1n[nH]c(=O)o1.NC(=O)c1cc(Cl)ccc1S. The van der Waals surface area contributed by atoms with Crippen molar-refractivity contribution in [1.82, 2.24) is 10.2 Å². The molecule has 32 heavy (non-hydrogen) atoms. The average Bonchev–Trinajstić information content (AvgIpc) is 3.21. The van der Waals surface area contributed by atoms with Crippen molar-refractivity contribution in [3.63, 3.8) is 0 Å². The molecule has 2 atom stereocenters. The third-order valence-electron chi connectivity index (χ3n) is 4.88. The van der Waals surface area contributed by atoms with Crippen LogP contribution in [0.1, 0.15) is 40.7 Å². The third kappa shape index (κ3) is 5.18. The first kappa shape index (κ1) is 23.5. The Kier molecular flexibility index (Phi) is 7.34. The number of nitrogens with one attached hydrogen (secondary N) is 1. The van der Waals surface area contributed by atoms with Gasteiger partial charge in [0.05, 0.1) is 11.6 Å². The van der Waals surface area contributed by atoms with Crippen molar-refractivity contribution in [2.45, 2.75) is 23.8 Å². The Bertz CT molecular complexity index is 1320. The highest BCUT2D eigenvalue weighted by molar-refractivity contribution is 7.80. The standard InChI is InChI=1S/C15H14FN3O2.C7H6ClNOS/c1-8(13(17)14-18-19-15(20)21-14)10-6-2-4-9-5-3-7-11(16)12(9)10;8-4-1-2-6(11)5(3-4)7(9)10/h2-8,13H,17H2,1H3,(H,19,20);1-3,11H,(H2,9,10). The van der Waals surface area contributed by atoms with E-state index < -0.39 is 17.7 Å². The quantitative estimate of drug-likeness (QED) is 0.330. The maximum atomic E-state index is 14.1. The van der Waals surface area contributed by atoms with Gasteiger partial charge < -0.3 is 15.9 Å². The second-order valence-corrected chi connectivity index (χ2v) is 7.89. The van der Waals surface area contributed by atoms with Crippen molar-refractivity contribution in [3.8, 4) is 0 Å². The van der Waals surface area contributed by atoms with E-state index in [1.165, 1.54) is 12.1 Å². The number of fused-ring (bicyclic) bond motifs is 1. The van der Waals surface area contributed by atoms with Gasteiger partial charge in [-0.05, 0) is 35.2 Å². The number of aromatic amines is 1. The fourth-order valence-corrected chi connectivity index (χ4v) is 3.62. The van der Waals surface area contributed by atoms with Crippen LogP contribution in [-0.4, -0.2) is 16.1 Å². The second kappa shape index (κ2) is 9.99. The number of rotatable bonds is 4. The number of halogens is 2. The highest BCUT2D eigenvalue weighted by Gasteiger charge is 2.24. The minimum absolute atomic E-state index is 0.112. The summed E-state index contributed by atoms with van der Waals surface area (Å²) in [5.74, 6) is -1.63. The number of carbonyl (C=O) groups is 1. The Balaban J connectivity index is 0.000000222. The number of H-pyrrole nitrogens is 1. The fraction of sp³-hybridized carbons (Fsp3) is 0.136. The van der Waals surface area contributed by atoms with Gasteiger partial charge in [0.2, 0.25) is 11.8 Å². The molecule has 1 aromatic heterocycles. The lowest BCUT2D eigenvalue weighted by Crippen LogP contribution is -2.18. The van der Waals surface area contributed by atoms with Crippen LogP contribution in [0, 0.1) is 5.82 Å². The Morgan fingerprint density at radius 1 is 1.22 bits per heavy atom. The highest BCUT2D eigenvalue weighted by atomic mass is 35.5. The third-order valence-corrected chi connectivity index (χ3v) is 5.50. The Morgan fingerprint density at radius 2 is 1.91 bits per heavy atom. The molecule has 0 spiro atoms. The van der Waals surface area contributed by atoms with Gasteiger partial charge in [-0.25, -0.2) is 14.3 Å². The van der Waals surface area contributed by atoms with Crippen molar-refractivity contribution in [1.29, 1.82) is 0 Å². The molecule has 1 amide bonds. The predicted octanol–water partition coefficient (Wildman–Crippen LogP) is 4.19. The number of nitrogens with two attached hydrogens (primary N) is 2. The normalized spacial score (nSPS) is 12.7. The van der Waals surface area contributed by atoms with Gasteiger partial charge in [-0.2, -0.15) is 0 Å². The van der Waals surface area contributed by atoms with Gasteiger partial charge in [-0.15, -0.1) is 17.7 Å². The van der Waals surface area contributed by atoms with E-state index in [4.69, 9.17) is 27.5 Å². The number of nitrogens with zero attached hydrogens (tertiary/aromatic N) is 1. The van der Waals surface area contributed by atoms with Crippen molar-refractivity contribution < 1.29 is 13.6 Å². The number of hydrogen-bond acceptors (Lipinski definition) is 6. The molecule has 2 unspecified atom stereocenters. The highest BCUT2D eigenvalue weighted by Crippen LogP contribution is 2.33. The molecule has 166 valence electrons. The van der Waals surface area contributed by atoms with Gasteiger partial charge in [-0.3, -0.25) is 4.79 Å². The summed E-state index contributed by atoms with van der Waals surface area (Å²) in [6.45, 7) is 1.85. The lowest BCUT2D eigenvalue weighted by molar-refractivity contribution is 0.0997. The topological polar surface area (TPSA) is 128 Å². The van der Waals surface area contributed by atoms with Crippen molar-refractivity contribution >= 4 is 40.9 Å². The maximum Gasteiger partial charge on any atom is 0.434 e. The van der Waals surface area contributed by atoms with E-state index >= 15 is 0 Å². The summed E-state index contributed by atoms with van der Waals surface area (Å²) < 4.78 is 19.0. The first-order valence-electron chi connectivity index (χ1n) is 9.45. The first-order valence-corrected chi connectivity index (χ1v) is 10.3. The molecular formula is C22H20ClFN4O3S. The molecule has 0 aliphatic carbocycles. The van der Waals surface area contributed by atoms with Crippen LogP contribution >= 0.6 is 24.2 Å². The summed E-state index contributed by atoms with van der Waals surface area (Å²) in [6, 6.07) is 14.6. The monoisotopic (exact) mass is 474 g/mol. The summed E-state index contributed by atoms with van der Waals surface area (Å²) in [5.41, 5.74) is 12.2. The van der Waals surface area contributed by atoms with Gasteiger partial charge in [0.25, 0.3) is 0 Å². The van der Waals surface area contributed by atoms with E-state index in [0.29, 0.717) is 20.9 Å². The maximum absolute atomic E-state index is 14.1. The largest absolute Gasteiger partial charge is 0.434 e. The van der Waals surface area contributed by atoms with Crippen molar-refractivity contribution in [2.75, 3.05) is 0 Å². The summed E-state index contributed by atoms with van der Waals surface area (Å²) in [6.07, 6.45) is 0. The molecule has 3 aromatic carbocycles. The number of thiol groups is 1. The fourth-order valence-electron chi connectivity index (χ4n) is 3.20. The van der Waals surface area contributed by atoms with Gasteiger partial charge in [-0.1, -0.05) is 48.9 Å². The molecule has 4 aromatic rings. The number of primary amides is 1. The van der Waals surface area contributed by atoms with Gasteiger partial charge in [0.15, 0.2) is 0 Å². The molecule has 0 bridgehead atoms. The molecule has 7 nitrogen and oxygen atoms in total. The molecule has 10 heteroatoms. The molecule has 0 saturated heterocycles. The summed E-state index contributed by atoms with van der Waals surface area (Å²) in [5, 5.41) is 7.73. The lowest BCUT2D eigenvalue weighted by atomic mass is 9.89. The summed E-state index contributed by atoms with van der Waals surface area (Å²) >= 11 is 9.64. The average molecular weight is 475 g/mol. The lowest BCUT2D eigenvalue weighted by Gasteiger charge is -2.19. The van der Waals surface area contributed by atoms with Gasteiger partial charge in [0.1, 0.15) is 5.82 Å². The number of hydrogen-bond donors (Lipinski definition) is 4. The van der Waals surface area contributed by atoms with Crippen LogP contribution in [0.25, 0.3) is 10.8 Å². The van der Waals surface area contributed by atoms with Crippen LogP contribution in [0.4, 0.5) is 4.39 Å². The minimum Gasteiger partial charge on any atom is -0.391 e. The number of carbonyl (C=O) groups excluding carboxylic acids is 1. The zero-order valence-electron chi connectivity index (χ0n) is 16.9. The molecule has 5 N–H and O–H groups in total. The van der Waals surface area contributed by atoms with E-state index in [9.17, 15) is 14.0 Å². The Morgan fingerprint density at radius 3 is 2.50 bits per heavy atom. The zero-order valence-corrected chi connectivity index (χ0v) is 18.5. The molecule has 0 aliphatic heterocycles. The molecule has 4 rings (SSSR count). The Hall–Kier alpha value is -3.14. The minimum atomic E-state index is -0.656. The smallest absolute Gasteiger partial charge is 0.391 e. The molecule has 0 aliphatic rings. The van der Waals surface area contributed by atoms with Crippen molar-refractivity contribution in [2.24, 2.45) is 11.5 Å². The van der Waals surface area contributed by atoms with E-state index in [2.05, 4.69) is 22.8 Å². The number of amides is 1. The second-order valence-electron chi connectivity index (χ2n) is 6.98. The van der Waals surface area contributed by atoms with Gasteiger partial charge in [0, 0.05) is 21.2 Å². The van der Waals surface area contributed by atoms with E-state index in [1.807, 2.05) is 31.2 Å². The van der Waals surface area contributed by atoms with Crippen molar-refractivity contribution in [3.05, 3.63) is 93.0 Å². The van der Waals surface area contributed by atoms with E-state index in [0.717, 1.165) is 10.9 Å².